The van der Waals surface area contributed by atoms with Gasteiger partial charge in [-0.15, -0.1) is 0 Å². The minimum absolute atomic E-state index is 0.194. The van der Waals surface area contributed by atoms with Gasteiger partial charge in [-0.05, 0) is 28.5 Å². The molecule has 0 heterocycles. The van der Waals surface area contributed by atoms with Gasteiger partial charge in [-0.1, -0.05) is 62.3 Å². The van der Waals surface area contributed by atoms with Crippen LogP contribution in [0.1, 0.15) is 68.7 Å². The molecule has 2 atom stereocenters. The molecule has 0 aromatic carbocycles. The lowest BCUT2D eigenvalue weighted by Crippen LogP contribution is -2.52. The molecule has 0 bridgehead atoms. The van der Waals surface area contributed by atoms with E-state index in [1.165, 1.54) is 0 Å². The predicted molar refractivity (Wildman–Crippen MR) is 90.6 cm³/mol. The Kier molecular flexibility index (Phi) is 8.26. The summed E-state index contributed by atoms with van der Waals surface area (Å²) in [5.41, 5.74) is 1.77. The Morgan fingerprint density at radius 3 is 1.50 bits per heavy atom. The first-order valence-electron chi connectivity index (χ1n) is 8.22. The molecule has 0 spiro atoms. The molecule has 0 saturated carbocycles. The molecule has 0 aliphatic heterocycles. The zero-order valence-electron chi connectivity index (χ0n) is 15.1. The van der Waals surface area contributed by atoms with E-state index in [0.29, 0.717) is 34.9 Å². The van der Waals surface area contributed by atoms with E-state index in [0.717, 1.165) is 6.29 Å². The van der Waals surface area contributed by atoms with Crippen molar-refractivity contribution in [3.8, 4) is 0 Å². The second-order valence-electron chi connectivity index (χ2n) is 7.52. The van der Waals surface area contributed by atoms with Gasteiger partial charge in [0.05, 0.1) is 6.10 Å². The molecule has 0 aromatic heterocycles. The van der Waals surface area contributed by atoms with E-state index in [1.54, 1.807) is 0 Å². The van der Waals surface area contributed by atoms with Gasteiger partial charge in [0.2, 0.25) is 8.32 Å². The Bertz CT molecular complexity index is 263. The molecule has 0 fully saturated rings. The van der Waals surface area contributed by atoms with Crippen LogP contribution in [-0.4, -0.2) is 20.7 Å². The Hall–Kier alpha value is -0.153. The Morgan fingerprint density at radius 2 is 1.25 bits per heavy atom. The monoisotopic (exact) mass is 300 g/mol. The number of aldehydes is 1. The van der Waals surface area contributed by atoms with E-state index < -0.39 is 8.32 Å². The molecule has 3 heteroatoms. The summed E-state index contributed by atoms with van der Waals surface area (Å²) in [7, 11) is -1.86. The van der Waals surface area contributed by atoms with E-state index in [9.17, 15) is 4.79 Å². The molecular formula is C17H36O2Si. The van der Waals surface area contributed by atoms with Crippen molar-refractivity contribution >= 4 is 14.6 Å². The summed E-state index contributed by atoms with van der Waals surface area (Å²) >= 11 is 0. The number of hydrogen-bond acceptors (Lipinski definition) is 2. The molecule has 0 aromatic rings. The minimum atomic E-state index is -1.86. The van der Waals surface area contributed by atoms with Gasteiger partial charge >= 0.3 is 0 Å². The summed E-state index contributed by atoms with van der Waals surface area (Å²) in [5, 5.41) is 0. The third-order valence-electron chi connectivity index (χ3n) is 4.73. The lowest BCUT2D eigenvalue weighted by molar-refractivity contribution is -0.109. The maximum Gasteiger partial charge on any atom is 0.200 e. The number of carbonyl (C=O) groups is 1. The van der Waals surface area contributed by atoms with Crippen molar-refractivity contribution in [2.75, 3.05) is 0 Å². The average Bonchev–Trinajstić information content (AvgIpc) is 2.28. The fourth-order valence-electron chi connectivity index (χ4n) is 3.84. The highest BCUT2D eigenvalue weighted by atomic mass is 28.4. The van der Waals surface area contributed by atoms with Crippen molar-refractivity contribution in [1.29, 1.82) is 0 Å². The molecule has 20 heavy (non-hydrogen) atoms. The van der Waals surface area contributed by atoms with Crippen LogP contribution < -0.4 is 0 Å². The SMILES string of the molecule is CC(C)[C@@H](O[Si](C(C)C)(C(C)C)C(C)C)[C@@H](C)CC=O. The van der Waals surface area contributed by atoms with Gasteiger partial charge in [-0.2, -0.15) is 0 Å². The van der Waals surface area contributed by atoms with E-state index in [2.05, 4.69) is 62.3 Å². The number of rotatable bonds is 9. The second-order valence-corrected chi connectivity index (χ2v) is 12.9. The van der Waals surface area contributed by atoms with Crippen LogP contribution in [0.25, 0.3) is 0 Å². The van der Waals surface area contributed by atoms with Crippen LogP contribution in [0, 0.1) is 11.8 Å². The van der Waals surface area contributed by atoms with Crippen molar-refractivity contribution in [2.45, 2.75) is 91.5 Å². The summed E-state index contributed by atoms with van der Waals surface area (Å²) in [6.07, 6.45) is 1.83. The highest BCUT2D eigenvalue weighted by molar-refractivity contribution is 6.77. The van der Waals surface area contributed by atoms with Gasteiger partial charge in [0, 0.05) is 6.42 Å². The van der Waals surface area contributed by atoms with E-state index in [4.69, 9.17) is 4.43 Å². The summed E-state index contributed by atoms with van der Waals surface area (Å²) in [4.78, 5) is 10.9. The van der Waals surface area contributed by atoms with Crippen LogP contribution in [0.15, 0.2) is 0 Å². The standard InChI is InChI=1S/C17H36O2Si/c1-12(2)17(16(9)10-11-18)19-20(13(3)4,14(5)6)15(7)8/h11-17H,10H2,1-9H3/t16-,17+/m0/s1. The van der Waals surface area contributed by atoms with E-state index >= 15 is 0 Å². The Morgan fingerprint density at radius 1 is 0.850 bits per heavy atom. The molecule has 0 aliphatic rings. The first-order chi connectivity index (χ1) is 9.11. The zero-order valence-corrected chi connectivity index (χ0v) is 16.1. The van der Waals surface area contributed by atoms with Crippen LogP contribution in [0.3, 0.4) is 0 Å². The summed E-state index contributed by atoms with van der Waals surface area (Å²) in [5.74, 6) is 0.753. The first-order valence-corrected chi connectivity index (χ1v) is 10.4. The molecule has 0 unspecified atom stereocenters. The third kappa shape index (κ3) is 4.42. The Balaban J connectivity index is 5.43. The first kappa shape index (κ1) is 19.8. The van der Waals surface area contributed by atoms with E-state index in [-0.39, 0.29) is 6.10 Å². The Labute approximate surface area is 127 Å². The quantitative estimate of drug-likeness (QED) is 0.419. The number of hydrogen-bond donors (Lipinski definition) is 0. The zero-order chi connectivity index (χ0) is 16.1. The highest BCUT2D eigenvalue weighted by Crippen LogP contribution is 2.44. The van der Waals surface area contributed by atoms with Crippen LogP contribution in [0.2, 0.25) is 16.6 Å². The van der Waals surface area contributed by atoms with Crippen molar-refractivity contribution in [2.24, 2.45) is 11.8 Å². The number of carbonyl (C=O) groups excluding carboxylic acids is 1. The third-order valence-corrected chi connectivity index (χ3v) is 10.8. The van der Waals surface area contributed by atoms with Gasteiger partial charge in [-0.25, -0.2) is 0 Å². The van der Waals surface area contributed by atoms with Crippen molar-refractivity contribution in [3.63, 3.8) is 0 Å². The molecule has 0 radical (unpaired) electrons. The lowest BCUT2D eigenvalue weighted by Gasteiger charge is -2.46. The highest BCUT2D eigenvalue weighted by Gasteiger charge is 2.47. The average molecular weight is 301 g/mol. The normalized spacial score (nSPS) is 16.2. The molecule has 0 aliphatic carbocycles. The summed E-state index contributed by atoms with van der Waals surface area (Å²) in [6.45, 7) is 20.5. The van der Waals surface area contributed by atoms with Crippen molar-refractivity contribution in [1.82, 2.24) is 0 Å². The van der Waals surface area contributed by atoms with Gasteiger partial charge in [0.15, 0.2) is 0 Å². The van der Waals surface area contributed by atoms with Crippen molar-refractivity contribution < 1.29 is 9.22 Å². The van der Waals surface area contributed by atoms with Crippen LogP contribution in [-0.2, 0) is 9.22 Å². The largest absolute Gasteiger partial charge is 0.413 e. The van der Waals surface area contributed by atoms with Crippen LogP contribution in [0.4, 0.5) is 0 Å². The molecule has 0 rings (SSSR count). The van der Waals surface area contributed by atoms with Crippen LogP contribution in [0.5, 0.6) is 0 Å². The van der Waals surface area contributed by atoms with Gasteiger partial charge in [0.25, 0.3) is 0 Å². The molecule has 0 N–H and O–H groups in total. The maximum atomic E-state index is 10.9. The topological polar surface area (TPSA) is 26.3 Å². The minimum Gasteiger partial charge on any atom is -0.413 e. The van der Waals surface area contributed by atoms with Gasteiger partial charge in [-0.3, -0.25) is 0 Å². The van der Waals surface area contributed by atoms with Gasteiger partial charge < -0.3 is 9.22 Å². The molecule has 0 amide bonds. The van der Waals surface area contributed by atoms with Crippen molar-refractivity contribution in [3.05, 3.63) is 0 Å². The lowest BCUT2D eigenvalue weighted by atomic mass is 9.93. The molecular weight excluding hydrogens is 264 g/mol. The molecule has 0 saturated heterocycles. The summed E-state index contributed by atoms with van der Waals surface area (Å²) in [6, 6.07) is 0. The second kappa shape index (κ2) is 8.33. The van der Waals surface area contributed by atoms with Gasteiger partial charge in [0.1, 0.15) is 6.29 Å². The fourth-order valence-corrected chi connectivity index (χ4v) is 9.63. The predicted octanol–water partition coefficient (Wildman–Crippen LogP) is 5.43. The maximum absolute atomic E-state index is 10.9. The summed E-state index contributed by atoms with van der Waals surface area (Å²) < 4.78 is 6.88. The fraction of sp³-hybridized carbons (Fsp3) is 0.941. The molecule has 120 valence electrons. The van der Waals surface area contributed by atoms with E-state index in [1.807, 2.05) is 0 Å². The van der Waals surface area contributed by atoms with Crippen LogP contribution >= 0.6 is 0 Å². The smallest absolute Gasteiger partial charge is 0.200 e. The molecule has 2 nitrogen and oxygen atoms in total.